The van der Waals surface area contributed by atoms with E-state index in [1.807, 2.05) is 13.0 Å². The molecular weight excluding hydrogens is 388 g/mol. The van der Waals surface area contributed by atoms with Crippen LogP contribution >= 0.6 is 0 Å². The van der Waals surface area contributed by atoms with Gasteiger partial charge in [-0.2, -0.15) is 0 Å². The van der Waals surface area contributed by atoms with E-state index in [1.54, 1.807) is 12.1 Å². The highest BCUT2D eigenvalue weighted by Gasteiger charge is 2.08. The van der Waals surface area contributed by atoms with E-state index in [0.29, 0.717) is 16.7 Å². The van der Waals surface area contributed by atoms with Gasteiger partial charge in [-0.15, -0.1) is 0 Å². The van der Waals surface area contributed by atoms with E-state index in [4.69, 9.17) is 9.52 Å². The second kappa shape index (κ2) is 8.87. The quantitative estimate of drug-likeness (QED) is 0.540. The number of carboxylic acids is 1. The Bertz CT molecular complexity index is 1210. The molecule has 2 amide bonds. The molecular formula is C22H18N2O6. The minimum absolute atomic E-state index is 0.235. The van der Waals surface area contributed by atoms with Gasteiger partial charge in [-0.05, 0) is 49.4 Å². The van der Waals surface area contributed by atoms with Gasteiger partial charge in [0.15, 0.2) is 5.43 Å². The van der Waals surface area contributed by atoms with Crippen LogP contribution in [0.5, 0.6) is 0 Å². The summed E-state index contributed by atoms with van der Waals surface area (Å²) in [5, 5.41) is 13.9. The third kappa shape index (κ3) is 4.99. The third-order valence-electron chi connectivity index (χ3n) is 4.18. The van der Waals surface area contributed by atoms with Crippen molar-refractivity contribution >= 4 is 40.5 Å². The molecule has 3 aromatic rings. The lowest BCUT2D eigenvalue weighted by atomic mass is 10.1. The molecule has 0 radical (unpaired) electrons. The van der Waals surface area contributed by atoms with Crippen LogP contribution in [0, 0.1) is 6.92 Å². The number of benzene rings is 2. The Balaban J connectivity index is 1.67. The Labute approximate surface area is 170 Å². The van der Waals surface area contributed by atoms with Gasteiger partial charge in [0.2, 0.25) is 5.91 Å². The molecule has 3 N–H and O–H groups in total. The molecule has 0 bridgehead atoms. The van der Waals surface area contributed by atoms with Gasteiger partial charge < -0.3 is 20.2 Å². The van der Waals surface area contributed by atoms with Crippen LogP contribution < -0.4 is 16.1 Å². The fourth-order valence-corrected chi connectivity index (χ4v) is 2.69. The summed E-state index contributed by atoms with van der Waals surface area (Å²) in [6, 6.07) is 11.2. The highest BCUT2D eigenvalue weighted by Crippen LogP contribution is 2.14. The maximum Gasteiger partial charge on any atom is 0.322 e. The first kappa shape index (κ1) is 20.5. The normalized spacial score (nSPS) is 10.8. The molecule has 0 fully saturated rings. The lowest BCUT2D eigenvalue weighted by Crippen LogP contribution is -2.29. The molecule has 2 aromatic carbocycles. The summed E-state index contributed by atoms with van der Waals surface area (Å²) in [5.41, 5.74) is 2.09. The summed E-state index contributed by atoms with van der Waals surface area (Å²) in [6.45, 7) is 1.39. The smallest absolute Gasteiger partial charge is 0.322 e. The highest BCUT2D eigenvalue weighted by atomic mass is 16.4. The second-order valence-corrected chi connectivity index (χ2v) is 6.50. The highest BCUT2D eigenvalue weighted by molar-refractivity contribution is 6.02. The zero-order chi connectivity index (χ0) is 21.7. The molecule has 8 heteroatoms. The molecule has 0 unspecified atom stereocenters. The van der Waals surface area contributed by atoms with E-state index in [2.05, 4.69) is 10.6 Å². The van der Waals surface area contributed by atoms with Crippen molar-refractivity contribution in [1.29, 1.82) is 0 Å². The molecule has 152 valence electrons. The molecule has 0 spiro atoms. The maximum absolute atomic E-state index is 12.5. The summed E-state index contributed by atoms with van der Waals surface area (Å²) >= 11 is 0. The van der Waals surface area contributed by atoms with Gasteiger partial charge >= 0.3 is 5.97 Å². The van der Waals surface area contributed by atoms with Crippen molar-refractivity contribution in [3.8, 4) is 0 Å². The predicted octanol–water partition coefficient (Wildman–Crippen LogP) is 2.57. The zero-order valence-corrected chi connectivity index (χ0v) is 16.0. The van der Waals surface area contributed by atoms with Crippen molar-refractivity contribution in [2.45, 2.75) is 6.92 Å². The molecule has 1 aromatic heterocycles. The van der Waals surface area contributed by atoms with Crippen LogP contribution in [0.4, 0.5) is 5.69 Å². The zero-order valence-electron chi connectivity index (χ0n) is 16.0. The molecule has 8 nitrogen and oxygen atoms in total. The Morgan fingerprint density at radius 3 is 2.53 bits per heavy atom. The SMILES string of the molecule is Cc1ccc2occ(/C=C/C(=O)Nc3ccc(C(=O)NCC(=O)O)cc3)c(=O)c2c1. The molecule has 1 heterocycles. The number of hydrogen-bond acceptors (Lipinski definition) is 5. The van der Waals surface area contributed by atoms with Crippen LogP contribution in [-0.4, -0.2) is 29.4 Å². The van der Waals surface area contributed by atoms with Crippen LogP contribution in [0.1, 0.15) is 21.5 Å². The van der Waals surface area contributed by atoms with Crippen molar-refractivity contribution in [3.05, 3.63) is 81.7 Å². The number of carbonyl (C=O) groups is 3. The van der Waals surface area contributed by atoms with Crippen LogP contribution in [0.3, 0.4) is 0 Å². The molecule has 0 saturated heterocycles. The van der Waals surface area contributed by atoms with Crippen molar-refractivity contribution in [1.82, 2.24) is 5.32 Å². The summed E-state index contributed by atoms with van der Waals surface area (Å²) < 4.78 is 5.44. The number of aryl methyl sites for hydroxylation is 1. The molecule has 0 aliphatic heterocycles. The second-order valence-electron chi connectivity index (χ2n) is 6.50. The average molecular weight is 406 g/mol. The number of amides is 2. The molecule has 30 heavy (non-hydrogen) atoms. The van der Waals surface area contributed by atoms with Gasteiger partial charge in [-0.25, -0.2) is 0 Å². The summed E-state index contributed by atoms with van der Waals surface area (Å²) in [5.74, 6) is -2.15. The summed E-state index contributed by atoms with van der Waals surface area (Å²) in [6.07, 6.45) is 3.88. The minimum atomic E-state index is -1.14. The average Bonchev–Trinajstić information content (AvgIpc) is 2.72. The van der Waals surface area contributed by atoms with Crippen LogP contribution in [-0.2, 0) is 9.59 Å². The molecule has 0 aliphatic rings. The first-order chi connectivity index (χ1) is 14.3. The van der Waals surface area contributed by atoms with Gasteiger partial charge in [0.1, 0.15) is 18.4 Å². The number of carbonyl (C=O) groups excluding carboxylic acids is 2. The Kier molecular flexibility index (Phi) is 6.07. The number of rotatable bonds is 6. The van der Waals surface area contributed by atoms with E-state index in [9.17, 15) is 19.2 Å². The first-order valence-electron chi connectivity index (χ1n) is 8.95. The van der Waals surface area contributed by atoms with Crippen molar-refractivity contribution in [2.75, 3.05) is 11.9 Å². The predicted molar refractivity (Wildman–Crippen MR) is 111 cm³/mol. The van der Waals surface area contributed by atoms with E-state index in [-0.39, 0.29) is 16.6 Å². The summed E-state index contributed by atoms with van der Waals surface area (Å²) in [4.78, 5) is 46.9. The van der Waals surface area contributed by atoms with Gasteiger partial charge in [0.25, 0.3) is 5.91 Å². The summed E-state index contributed by atoms with van der Waals surface area (Å²) in [7, 11) is 0. The standard InChI is InChI=1S/C22H18N2O6/c1-13-2-8-18-17(10-13)21(28)15(12-30-18)5-9-19(25)24-16-6-3-14(4-7-16)22(29)23-11-20(26)27/h2-10,12H,11H2,1H3,(H,23,29)(H,24,25)(H,26,27)/b9-5+. The van der Waals surface area contributed by atoms with Gasteiger partial charge in [0.05, 0.1) is 10.9 Å². The number of aliphatic carboxylic acids is 1. The Morgan fingerprint density at radius 1 is 1.10 bits per heavy atom. The fraction of sp³-hybridized carbons (Fsp3) is 0.0909. The van der Waals surface area contributed by atoms with Crippen molar-refractivity contribution < 1.29 is 23.9 Å². The van der Waals surface area contributed by atoms with E-state index < -0.39 is 24.3 Å². The van der Waals surface area contributed by atoms with E-state index >= 15 is 0 Å². The van der Waals surface area contributed by atoms with Crippen molar-refractivity contribution in [3.63, 3.8) is 0 Å². The lowest BCUT2D eigenvalue weighted by Gasteiger charge is -2.05. The third-order valence-corrected chi connectivity index (χ3v) is 4.18. The largest absolute Gasteiger partial charge is 0.480 e. The first-order valence-corrected chi connectivity index (χ1v) is 8.95. The topological polar surface area (TPSA) is 126 Å². The van der Waals surface area contributed by atoms with Crippen LogP contribution in [0.2, 0.25) is 0 Å². The Hall–Kier alpha value is -4.20. The van der Waals surface area contributed by atoms with E-state index in [0.717, 1.165) is 5.56 Å². The number of anilines is 1. The number of carboxylic acid groups (broad SMARTS) is 1. The van der Waals surface area contributed by atoms with Crippen molar-refractivity contribution in [2.24, 2.45) is 0 Å². The number of nitrogens with one attached hydrogen (secondary N) is 2. The van der Waals surface area contributed by atoms with Gasteiger partial charge in [0, 0.05) is 17.3 Å². The van der Waals surface area contributed by atoms with E-state index in [1.165, 1.54) is 42.7 Å². The molecule has 3 rings (SSSR count). The molecule has 0 atom stereocenters. The molecule has 0 aliphatic carbocycles. The monoisotopic (exact) mass is 406 g/mol. The number of hydrogen-bond donors (Lipinski definition) is 3. The minimum Gasteiger partial charge on any atom is -0.480 e. The lowest BCUT2D eigenvalue weighted by molar-refractivity contribution is -0.135. The maximum atomic E-state index is 12.5. The van der Waals surface area contributed by atoms with Gasteiger partial charge in [-0.3, -0.25) is 19.2 Å². The molecule has 0 saturated carbocycles. The van der Waals surface area contributed by atoms with Crippen LogP contribution in [0.25, 0.3) is 17.0 Å². The van der Waals surface area contributed by atoms with Gasteiger partial charge in [-0.1, -0.05) is 11.6 Å². The fourth-order valence-electron chi connectivity index (χ4n) is 2.69. The van der Waals surface area contributed by atoms with Crippen LogP contribution in [0.15, 0.2) is 64.0 Å². The Morgan fingerprint density at radius 2 is 1.83 bits per heavy atom. The number of fused-ring (bicyclic) bond motifs is 1.